The predicted octanol–water partition coefficient (Wildman–Crippen LogP) is 4.66. The maximum Gasteiger partial charge on any atom is 0.353 e. The second-order valence-electron chi connectivity index (χ2n) is 8.18. The molecular weight excluding hydrogens is 430 g/mol. The molecule has 5 rings (SSSR count). The van der Waals surface area contributed by atoms with Gasteiger partial charge in [0.25, 0.3) is 5.91 Å². The quantitative estimate of drug-likeness (QED) is 0.391. The highest BCUT2D eigenvalue weighted by molar-refractivity contribution is 6.01. The average molecular weight is 453 g/mol. The first-order valence-corrected chi connectivity index (χ1v) is 10.9. The molecular formula is C27H23N3O4. The Balaban J connectivity index is 1.56. The lowest BCUT2D eigenvalue weighted by atomic mass is 10.1. The molecule has 170 valence electrons. The molecule has 3 heterocycles. The zero-order valence-electron chi connectivity index (χ0n) is 19.1. The van der Waals surface area contributed by atoms with E-state index in [1.165, 1.54) is 7.11 Å². The Kier molecular flexibility index (Phi) is 5.37. The first kappa shape index (κ1) is 21.5. The van der Waals surface area contributed by atoms with Crippen molar-refractivity contribution in [2.75, 3.05) is 7.11 Å². The van der Waals surface area contributed by atoms with Gasteiger partial charge in [-0.05, 0) is 37.6 Å². The number of hydrogen-bond acceptors (Lipinski definition) is 5. The Morgan fingerprint density at radius 2 is 1.76 bits per heavy atom. The molecule has 0 aliphatic carbocycles. The number of nitrogens with one attached hydrogen (secondary N) is 1. The minimum absolute atomic E-state index is 0.155. The minimum atomic E-state index is -0.749. The number of carbonyl (C=O) groups excluding carboxylic acids is 1. The van der Waals surface area contributed by atoms with Gasteiger partial charge in [0.05, 0.1) is 30.4 Å². The molecule has 0 fully saturated rings. The van der Waals surface area contributed by atoms with Gasteiger partial charge in [-0.3, -0.25) is 4.79 Å². The lowest BCUT2D eigenvalue weighted by molar-refractivity contribution is 0.0943. The number of hydrogen-bond donors (Lipinski definition) is 1. The summed E-state index contributed by atoms with van der Waals surface area (Å²) in [5, 5.41) is 3.43. The molecule has 0 spiro atoms. The van der Waals surface area contributed by atoms with Crippen molar-refractivity contribution in [3.8, 4) is 17.0 Å². The Morgan fingerprint density at radius 3 is 2.53 bits per heavy atom. The number of benzene rings is 2. The summed E-state index contributed by atoms with van der Waals surface area (Å²) in [5.41, 5.74) is 4.94. The van der Waals surface area contributed by atoms with Crippen LogP contribution < -0.4 is 15.7 Å². The van der Waals surface area contributed by atoms with Crippen molar-refractivity contribution in [2.24, 2.45) is 0 Å². The summed E-state index contributed by atoms with van der Waals surface area (Å²) in [5.74, 6) is -0.383. The number of imidazole rings is 1. The molecule has 3 aromatic heterocycles. The molecule has 0 radical (unpaired) electrons. The van der Waals surface area contributed by atoms with Gasteiger partial charge in [-0.2, -0.15) is 0 Å². The predicted molar refractivity (Wildman–Crippen MR) is 130 cm³/mol. The summed E-state index contributed by atoms with van der Waals surface area (Å²) in [6.07, 6.45) is 1.98. The second kappa shape index (κ2) is 8.51. The van der Waals surface area contributed by atoms with Crippen molar-refractivity contribution in [3.63, 3.8) is 0 Å². The summed E-state index contributed by atoms with van der Waals surface area (Å²) in [6, 6.07) is 19.0. The van der Waals surface area contributed by atoms with Crippen LogP contribution in [0.2, 0.25) is 0 Å². The number of carbonyl (C=O) groups is 1. The minimum Gasteiger partial charge on any atom is -0.495 e. The fourth-order valence-electron chi connectivity index (χ4n) is 4.09. The maximum absolute atomic E-state index is 13.2. The molecule has 0 saturated carbocycles. The lowest BCUT2D eigenvalue weighted by Crippen LogP contribution is -2.29. The van der Waals surface area contributed by atoms with Crippen LogP contribution in [0.1, 0.15) is 27.2 Å². The van der Waals surface area contributed by atoms with Crippen LogP contribution >= 0.6 is 0 Å². The van der Waals surface area contributed by atoms with E-state index in [4.69, 9.17) is 14.1 Å². The molecule has 0 atom stereocenters. The van der Waals surface area contributed by atoms with Crippen molar-refractivity contribution in [1.82, 2.24) is 14.7 Å². The number of fused-ring (bicyclic) bond motifs is 2. The number of methoxy groups -OCH3 is 1. The zero-order valence-corrected chi connectivity index (χ0v) is 19.1. The molecule has 2 aromatic carbocycles. The number of amides is 1. The molecule has 7 heteroatoms. The number of ether oxygens (including phenoxy) is 1. The summed E-state index contributed by atoms with van der Waals surface area (Å²) < 4.78 is 12.8. The summed E-state index contributed by atoms with van der Waals surface area (Å²) in [6.45, 7) is 4.18. The van der Waals surface area contributed by atoms with Gasteiger partial charge in [-0.15, -0.1) is 0 Å². The highest BCUT2D eigenvalue weighted by Gasteiger charge is 2.23. The normalized spacial score (nSPS) is 11.1. The molecule has 34 heavy (non-hydrogen) atoms. The van der Waals surface area contributed by atoms with Gasteiger partial charge in [-0.25, -0.2) is 9.78 Å². The van der Waals surface area contributed by atoms with E-state index < -0.39 is 11.5 Å². The highest BCUT2D eigenvalue weighted by atomic mass is 16.5. The number of nitrogens with zero attached hydrogens (tertiary/aromatic N) is 2. The van der Waals surface area contributed by atoms with Crippen LogP contribution in [-0.4, -0.2) is 22.4 Å². The van der Waals surface area contributed by atoms with Crippen LogP contribution in [0.5, 0.6) is 5.75 Å². The van der Waals surface area contributed by atoms with Gasteiger partial charge in [0.15, 0.2) is 5.56 Å². The van der Waals surface area contributed by atoms with E-state index in [1.807, 2.05) is 60.8 Å². The van der Waals surface area contributed by atoms with Crippen molar-refractivity contribution < 1.29 is 13.9 Å². The number of para-hydroxylation sites is 1. The third-order valence-corrected chi connectivity index (χ3v) is 5.80. The van der Waals surface area contributed by atoms with Crippen LogP contribution in [0.4, 0.5) is 0 Å². The average Bonchev–Trinajstić information content (AvgIpc) is 3.19. The molecule has 0 saturated heterocycles. The van der Waals surface area contributed by atoms with Gasteiger partial charge in [-0.1, -0.05) is 48.0 Å². The molecule has 0 aliphatic heterocycles. The lowest BCUT2D eigenvalue weighted by Gasteiger charge is -2.11. The van der Waals surface area contributed by atoms with Gasteiger partial charge in [0.1, 0.15) is 17.0 Å². The highest BCUT2D eigenvalue weighted by Crippen LogP contribution is 2.28. The van der Waals surface area contributed by atoms with Gasteiger partial charge in [0.2, 0.25) is 0 Å². The largest absolute Gasteiger partial charge is 0.495 e. The van der Waals surface area contributed by atoms with E-state index in [0.29, 0.717) is 11.0 Å². The molecule has 7 nitrogen and oxygen atoms in total. The summed E-state index contributed by atoms with van der Waals surface area (Å²) in [4.78, 5) is 30.7. The van der Waals surface area contributed by atoms with E-state index in [9.17, 15) is 9.59 Å². The Bertz CT molecular complexity index is 1600. The standard InChI is InChI=1S/C27H23N3O4/c1-16-8-11-18(12-9-16)24-20(30-15-17(2)10-13-22(30)29-24)14-28-26(31)23-25(33-3)19-6-4-5-7-21(19)34-27(23)32/h4-13,15H,14H2,1-3H3,(H,28,31). The third-order valence-electron chi connectivity index (χ3n) is 5.80. The van der Waals surface area contributed by atoms with Crippen LogP contribution in [0.25, 0.3) is 27.9 Å². The number of pyridine rings is 1. The second-order valence-corrected chi connectivity index (χ2v) is 8.18. The van der Waals surface area contributed by atoms with E-state index in [-0.39, 0.29) is 17.9 Å². The van der Waals surface area contributed by atoms with Gasteiger partial charge in [0, 0.05) is 11.8 Å². The van der Waals surface area contributed by atoms with E-state index >= 15 is 0 Å². The van der Waals surface area contributed by atoms with E-state index in [0.717, 1.165) is 33.7 Å². The topological polar surface area (TPSA) is 85.8 Å². The Morgan fingerprint density at radius 1 is 1.03 bits per heavy atom. The third kappa shape index (κ3) is 3.71. The fraction of sp³-hybridized carbons (Fsp3) is 0.148. The summed E-state index contributed by atoms with van der Waals surface area (Å²) >= 11 is 0. The summed E-state index contributed by atoms with van der Waals surface area (Å²) in [7, 11) is 1.43. The SMILES string of the molecule is COc1c(C(=O)NCc2c(-c3ccc(C)cc3)nc3ccc(C)cn23)c(=O)oc2ccccc12. The van der Waals surface area contributed by atoms with Crippen LogP contribution in [0, 0.1) is 13.8 Å². The first-order chi connectivity index (χ1) is 16.5. The van der Waals surface area contributed by atoms with Gasteiger partial charge < -0.3 is 18.9 Å². The van der Waals surface area contributed by atoms with Crippen LogP contribution in [0.15, 0.2) is 76.1 Å². The molecule has 1 N–H and O–H groups in total. The molecule has 0 unspecified atom stereocenters. The first-order valence-electron chi connectivity index (χ1n) is 10.9. The van der Waals surface area contributed by atoms with E-state index in [1.54, 1.807) is 24.3 Å². The van der Waals surface area contributed by atoms with Crippen molar-refractivity contribution in [1.29, 1.82) is 0 Å². The zero-order chi connectivity index (χ0) is 23.8. The smallest absolute Gasteiger partial charge is 0.353 e. The monoisotopic (exact) mass is 453 g/mol. The molecule has 5 aromatic rings. The molecule has 0 aliphatic rings. The number of aromatic nitrogens is 2. The Labute approximate surface area is 195 Å². The number of aryl methyl sites for hydroxylation is 2. The number of rotatable bonds is 5. The molecule has 1 amide bonds. The maximum atomic E-state index is 13.2. The molecule has 0 bridgehead atoms. The van der Waals surface area contributed by atoms with Crippen molar-refractivity contribution >= 4 is 22.5 Å². The van der Waals surface area contributed by atoms with Crippen molar-refractivity contribution in [2.45, 2.75) is 20.4 Å². The van der Waals surface area contributed by atoms with Crippen LogP contribution in [0.3, 0.4) is 0 Å². The van der Waals surface area contributed by atoms with E-state index in [2.05, 4.69) is 5.32 Å². The van der Waals surface area contributed by atoms with Gasteiger partial charge >= 0.3 is 5.63 Å². The fourth-order valence-corrected chi connectivity index (χ4v) is 4.09. The van der Waals surface area contributed by atoms with Crippen molar-refractivity contribution in [3.05, 3.63) is 99.7 Å². The Hall–Kier alpha value is -4.39. The van der Waals surface area contributed by atoms with Crippen LogP contribution in [-0.2, 0) is 6.54 Å².